The van der Waals surface area contributed by atoms with Crippen molar-refractivity contribution in [1.82, 2.24) is 0 Å². The maximum atomic E-state index is 13.7. The van der Waals surface area contributed by atoms with E-state index in [2.05, 4.69) is 6.08 Å². The Hall–Kier alpha value is -1.31. The van der Waals surface area contributed by atoms with Gasteiger partial charge in [-0.15, -0.1) is 0 Å². The number of hydrogen-bond acceptors (Lipinski definition) is 1. The van der Waals surface area contributed by atoms with Crippen molar-refractivity contribution in [3.63, 3.8) is 0 Å². The van der Waals surface area contributed by atoms with Crippen LogP contribution in [0, 0.1) is 5.82 Å². The molecule has 0 radical (unpaired) electrons. The van der Waals surface area contributed by atoms with E-state index in [4.69, 9.17) is 5.73 Å². The molecule has 2 N–H and O–H groups in total. The van der Waals surface area contributed by atoms with Gasteiger partial charge in [-0.1, -0.05) is 19.9 Å². The zero-order valence-corrected chi connectivity index (χ0v) is 8.69. The van der Waals surface area contributed by atoms with E-state index in [1.807, 2.05) is 20.8 Å². The molecule has 74 valence electrons. The Morgan fingerprint density at radius 2 is 1.93 bits per heavy atom. The number of nitrogen functional groups attached to an aromatic ring is 1. The average molecular weight is 191 g/mol. The van der Waals surface area contributed by atoms with Gasteiger partial charge in [0.2, 0.25) is 0 Å². The van der Waals surface area contributed by atoms with Crippen LogP contribution in [0.3, 0.4) is 0 Å². The van der Waals surface area contributed by atoms with E-state index in [1.165, 1.54) is 6.07 Å². The van der Waals surface area contributed by atoms with Gasteiger partial charge in [0, 0.05) is 22.2 Å². The molecule has 1 nitrogen and oxygen atoms in total. The summed E-state index contributed by atoms with van der Waals surface area (Å²) >= 11 is 0. The Kier molecular flexibility index (Phi) is 1.71. The Balaban J connectivity index is 2.81. The zero-order valence-electron chi connectivity index (χ0n) is 8.69. The van der Waals surface area contributed by atoms with Crippen LogP contribution in [-0.2, 0) is 5.41 Å². The van der Waals surface area contributed by atoms with E-state index in [0.29, 0.717) is 5.69 Å². The van der Waals surface area contributed by atoms with Gasteiger partial charge in [-0.2, -0.15) is 0 Å². The predicted molar refractivity (Wildman–Crippen MR) is 57.5 cm³/mol. The predicted octanol–water partition coefficient (Wildman–Crippen LogP) is 3.10. The quantitative estimate of drug-likeness (QED) is 0.626. The molecule has 0 aromatic heterocycles. The second-order valence-electron chi connectivity index (χ2n) is 4.44. The molecular formula is C12H14FN. The Bertz CT molecular complexity index is 430. The van der Waals surface area contributed by atoms with Gasteiger partial charge < -0.3 is 5.73 Å². The lowest BCUT2D eigenvalue weighted by Crippen LogP contribution is -2.13. The van der Waals surface area contributed by atoms with Crippen LogP contribution in [-0.4, -0.2) is 0 Å². The third-order valence-corrected chi connectivity index (χ3v) is 2.80. The average Bonchev–Trinajstić information content (AvgIpc) is 2.30. The largest absolute Gasteiger partial charge is 0.398 e. The third-order valence-electron chi connectivity index (χ3n) is 2.80. The second-order valence-corrected chi connectivity index (χ2v) is 4.44. The topological polar surface area (TPSA) is 26.0 Å². The molecule has 2 rings (SSSR count). The van der Waals surface area contributed by atoms with Crippen molar-refractivity contribution in [3.8, 4) is 0 Å². The van der Waals surface area contributed by atoms with E-state index >= 15 is 0 Å². The molecule has 0 spiro atoms. The Morgan fingerprint density at radius 3 is 2.50 bits per heavy atom. The van der Waals surface area contributed by atoms with Crippen molar-refractivity contribution in [2.75, 3.05) is 5.73 Å². The number of nitrogens with two attached hydrogens (primary N) is 1. The summed E-state index contributed by atoms with van der Waals surface area (Å²) in [6, 6.07) is 3.08. The normalized spacial score (nSPS) is 17.9. The second kappa shape index (κ2) is 2.59. The summed E-state index contributed by atoms with van der Waals surface area (Å²) in [5.74, 6) is -0.160. The maximum Gasteiger partial charge on any atom is 0.128 e. The molecule has 2 heteroatoms. The number of allylic oxidation sites excluding steroid dienone is 2. The number of fused-ring (bicyclic) bond motifs is 1. The van der Waals surface area contributed by atoms with Gasteiger partial charge in [-0.05, 0) is 24.6 Å². The summed E-state index contributed by atoms with van der Waals surface area (Å²) in [7, 11) is 0. The molecule has 1 aromatic carbocycles. The van der Waals surface area contributed by atoms with Crippen LogP contribution in [0.2, 0.25) is 0 Å². The monoisotopic (exact) mass is 191 g/mol. The highest BCUT2D eigenvalue weighted by Gasteiger charge is 2.32. The van der Waals surface area contributed by atoms with Crippen LogP contribution in [0.15, 0.2) is 18.2 Å². The smallest absolute Gasteiger partial charge is 0.128 e. The molecule has 1 aromatic rings. The van der Waals surface area contributed by atoms with Gasteiger partial charge in [0.05, 0.1) is 0 Å². The number of rotatable bonds is 0. The molecule has 0 saturated carbocycles. The van der Waals surface area contributed by atoms with Crippen LogP contribution < -0.4 is 5.73 Å². The van der Waals surface area contributed by atoms with E-state index in [1.54, 1.807) is 6.07 Å². The highest BCUT2D eigenvalue weighted by Crippen LogP contribution is 2.43. The lowest BCUT2D eigenvalue weighted by molar-refractivity contribution is 0.564. The van der Waals surface area contributed by atoms with Crippen molar-refractivity contribution in [2.24, 2.45) is 0 Å². The van der Waals surface area contributed by atoms with E-state index < -0.39 is 0 Å². The van der Waals surface area contributed by atoms with Crippen molar-refractivity contribution in [3.05, 3.63) is 35.2 Å². The first-order valence-electron chi connectivity index (χ1n) is 4.72. The maximum absolute atomic E-state index is 13.7. The molecule has 14 heavy (non-hydrogen) atoms. The van der Waals surface area contributed by atoms with Crippen LogP contribution in [0.5, 0.6) is 0 Å². The highest BCUT2D eigenvalue weighted by atomic mass is 19.1. The van der Waals surface area contributed by atoms with Gasteiger partial charge in [0.15, 0.2) is 0 Å². The first kappa shape index (κ1) is 9.25. The van der Waals surface area contributed by atoms with Gasteiger partial charge in [0.25, 0.3) is 0 Å². The van der Waals surface area contributed by atoms with Gasteiger partial charge >= 0.3 is 0 Å². The van der Waals surface area contributed by atoms with Gasteiger partial charge in [0.1, 0.15) is 5.82 Å². The minimum absolute atomic E-state index is 0.160. The first-order valence-corrected chi connectivity index (χ1v) is 4.72. The molecule has 0 unspecified atom stereocenters. The fourth-order valence-electron chi connectivity index (χ4n) is 2.33. The minimum Gasteiger partial charge on any atom is -0.398 e. The molecule has 0 saturated heterocycles. The van der Waals surface area contributed by atoms with E-state index in [9.17, 15) is 4.39 Å². The van der Waals surface area contributed by atoms with Crippen LogP contribution in [0.25, 0.3) is 5.57 Å². The summed E-state index contributed by atoms with van der Waals surface area (Å²) in [5.41, 5.74) is 8.96. The fourth-order valence-corrected chi connectivity index (χ4v) is 2.33. The van der Waals surface area contributed by atoms with E-state index in [0.717, 1.165) is 16.7 Å². The number of benzene rings is 1. The lowest BCUT2D eigenvalue weighted by Gasteiger charge is -2.18. The van der Waals surface area contributed by atoms with Gasteiger partial charge in [-0.25, -0.2) is 4.39 Å². The number of anilines is 1. The highest BCUT2D eigenvalue weighted by molar-refractivity contribution is 5.82. The Labute approximate surface area is 83.4 Å². The Morgan fingerprint density at radius 1 is 1.29 bits per heavy atom. The number of hydrogen-bond donors (Lipinski definition) is 1. The molecule has 0 fully saturated rings. The fraction of sp³-hybridized carbons (Fsp3) is 0.333. The molecule has 0 amide bonds. The summed E-state index contributed by atoms with van der Waals surface area (Å²) in [6.45, 7) is 5.99. The standard InChI is InChI=1S/C12H14FN/c1-7-6-12(2,3)11-8(13)4-5-9(14)10(7)11/h4-6H,14H2,1-3H3. The molecule has 1 aliphatic carbocycles. The summed E-state index contributed by atoms with van der Waals surface area (Å²) in [6.07, 6.45) is 2.07. The van der Waals surface area contributed by atoms with Gasteiger partial charge in [-0.3, -0.25) is 0 Å². The van der Waals surface area contributed by atoms with Crippen LogP contribution in [0.1, 0.15) is 31.9 Å². The molecule has 0 atom stereocenters. The molecule has 0 aliphatic heterocycles. The van der Waals surface area contributed by atoms with Crippen LogP contribution >= 0.6 is 0 Å². The summed E-state index contributed by atoms with van der Waals surface area (Å²) in [5, 5.41) is 0. The molecular weight excluding hydrogens is 177 g/mol. The van der Waals surface area contributed by atoms with Crippen molar-refractivity contribution in [2.45, 2.75) is 26.2 Å². The molecule has 0 bridgehead atoms. The van der Waals surface area contributed by atoms with Crippen molar-refractivity contribution in [1.29, 1.82) is 0 Å². The van der Waals surface area contributed by atoms with E-state index in [-0.39, 0.29) is 11.2 Å². The number of halogens is 1. The first-order chi connectivity index (χ1) is 6.43. The van der Waals surface area contributed by atoms with Crippen molar-refractivity contribution >= 4 is 11.3 Å². The molecule has 1 aliphatic rings. The minimum atomic E-state index is -0.237. The molecule has 0 heterocycles. The zero-order chi connectivity index (χ0) is 10.5. The van der Waals surface area contributed by atoms with Crippen LogP contribution in [0.4, 0.5) is 10.1 Å². The SMILES string of the molecule is CC1=CC(C)(C)c2c(F)ccc(N)c21. The van der Waals surface area contributed by atoms with Crippen molar-refractivity contribution < 1.29 is 4.39 Å². The lowest BCUT2D eigenvalue weighted by atomic mass is 9.86. The summed E-state index contributed by atoms with van der Waals surface area (Å²) < 4.78 is 13.7. The third kappa shape index (κ3) is 1.07. The summed E-state index contributed by atoms with van der Waals surface area (Å²) in [4.78, 5) is 0.